The first-order valence-electron chi connectivity index (χ1n) is 9.13. The Bertz CT molecular complexity index is 613. The van der Waals surface area contributed by atoms with Crippen LogP contribution in [-0.4, -0.2) is 47.1 Å². The summed E-state index contributed by atoms with van der Waals surface area (Å²) in [6.07, 6.45) is -0.449. The highest BCUT2D eigenvalue weighted by atomic mass is 28.4. The van der Waals surface area contributed by atoms with Gasteiger partial charge in [-0.2, -0.15) is 0 Å². The minimum absolute atomic E-state index is 0.0749. The van der Waals surface area contributed by atoms with Crippen LogP contribution in [0.1, 0.15) is 38.9 Å². The van der Waals surface area contributed by atoms with Crippen molar-refractivity contribution < 1.29 is 23.5 Å². The van der Waals surface area contributed by atoms with Crippen molar-refractivity contribution in [1.82, 2.24) is 5.32 Å². The molecule has 0 aliphatic carbocycles. The van der Waals surface area contributed by atoms with Gasteiger partial charge in [0, 0.05) is 20.1 Å². The second-order valence-electron chi connectivity index (χ2n) is 8.01. The highest BCUT2D eigenvalue weighted by Gasteiger charge is 2.37. The number of esters is 1. The molecule has 1 amide bonds. The molecule has 152 valence electrons. The summed E-state index contributed by atoms with van der Waals surface area (Å²) in [4.78, 5) is 24.8. The van der Waals surface area contributed by atoms with Crippen LogP contribution in [0.4, 0.5) is 0 Å². The molecule has 0 radical (unpaired) electrons. The molecule has 1 N–H and O–H groups in total. The highest BCUT2D eigenvalue weighted by molar-refractivity contribution is 6.74. The predicted molar refractivity (Wildman–Crippen MR) is 108 cm³/mol. The van der Waals surface area contributed by atoms with Crippen molar-refractivity contribution in [2.75, 3.05) is 20.8 Å². The number of ether oxygens (including phenoxy) is 2. The van der Waals surface area contributed by atoms with Gasteiger partial charge in [-0.05, 0) is 23.7 Å². The van der Waals surface area contributed by atoms with E-state index < -0.39 is 26.4 Å². The minimum atomic E-state index is -1.93. The lowest BCUT2D eigenvalue weighted by molar-refractivity contribution is -0.147. The van der Waals surface area contributed by atoms with Crippen LogP contribution in [0.5, 0.6) is 0 Å². The van der Waals surface area contributed by atoms with Gasteiger partial charge in [0.05, 0.1) is 7.11 Å². The first kappa shape index (κ1) is 23.3. The summed E-state index contributed by atoms with van der Waals surface area (Å²) < 4.78 is 16.3. The van der Waals surface area contributed by atoms with Crippen LogP contribution in [0.25, 0.3) is 0 Å². The van der Waals surface area contributed by atoms with Crippen molar-refractivity contribution in [2.24, 2.45) is 0 Å². The van der Waals surface area contributed by atoms with E-state index in [9.17, 15) is 9.59 Å². The van der Waals surface area contributed by atoms with Gasteiger partial charge in [-0.25, -0.2) is 4.79 Å². The van der Waals surface area contributed by atoms with E-state index in [0.29, 0.717) is 13.0 Å². The molecule has 1 rings (SSSR count). The lowest BCUT2D eigenvalue weighted by Gasteiger charge is -2.36. The average molecular weight is 396 g/mol. The van der Waals surface area contributed by atoms with Gasteiger partial charge in [0.2, 0.25) is 0 Å². The maximum atomic E-state index is 12.6. The largest absolute Gasteiger partial charge is 0.467 e. The predicted octanol–water partition coefficient (Wildman–Crippen LogP) is 3.44. The molecule has 0 bridgehead atoms. The summed E-state index contributed by atoms with van der Waals surface area (Å²) >= 11 is 0. The zero-order chi connectivity index (χ0) is 20.7. The van der Waals surface area contributed by atoms with Crippen LogP contribution < -0.4 is 5.32 Å². The van der Waals surface area contributed by atoms with Crippen molar-refractivity contribution >= 4 is 20.2 Å². The van der Waals surface area contributed by atoms with Crippen LogP contribution in [-0.2, 0) is 23.5 Å². The molecule has 0 spiro atoms. The van der Waals surface area contributed by atoms with Crippen molar-refractivity contribution in [2.45, 2.75) is 57.5 Å². The normalized spacial score (nSPS) is 14.3. The van der Waals surface area contributed by atoms with E-state index >= 15 is 0 Å². The summed E-state index contributed by atoms with van der Waals surface area (Å²) in [6.45, 7) is 11.1. The Kier molecular flexibility index (Phi) is 8.65. The Hall–Kier alpha value is -1.70. The Morgan fingerprint density at radius 1 is 1.11 bits per heavy atom. The number of hydrogen-bond donors (Lipinski definition) is 1. The number of carbonyl (C=O) groups excluding carboxylic acids is 2. The number of carbonyl (C=O) groups is 2. The Balaban J connectivity index is 2.77. The van der Waals surface area contributed by atoms with Gasteiger partial charge in [0.25, 0.3) is 5.91 Å². The van der Waals surface area contributed by atoms with E-state index in [2.05, 4.69) is 39.2 Å². The third-order valence-electron chi connectivity index (χ3n) is 5.05. The summed E-state index contributed by atoms with van der Waals surface area (Å²) in [5, 5.41) is 2.81. The molecule has 0 fully saturated rings. The van der Waals surface area contributed by atoms with Gasteiger partial charge in [0.15, 0.2) is 14.4 Å². The maximum Gasteiger partial charge on any atom is 0.328 e. The first-order chi connectivity index (χ1) is 12.5. The number of amides is 1. The fraction of sp³-hybridized carbons (Fsp3) is 0.600. The van der Waals surface area contributed by atoms with Crippen LogP contribution in [0.2, 0.25) is 18.1 Å². The summed E-state index contributed by atoms with van der Waals surface area (Å²) in [5.41, 5.74) is 0.721. The van der Waals surface area contributed by atoms with E-state index in [-0.39, 0.29) is 10.9 Å². The summed E-state index contributed by atoms with van der Waals surface area (Å²) in [7, 11) is 0.842. The Morgan fingerprint density at radius 3 is 2.19 bits per heavy atom. The van der Waals surface area contributed by atoms with Crippen LogP contribution in [0.15, 0.2) is 30.3 Å². The number of nitrogens with one attached hydrogen (secondary N) is 1. The Morgan fingerprint density at radius 2 is 1.70 bits per heavy atom. The van der Waals surface area contributed by atoms with Crippen molar-refractivity contribution in [3.63, 3.8) is 0 Å². The molecule has 6 nitrogen and oxygen atoms in total. The molecule has 7 heteroatoms. The smallest absolute Gasteiger partial charge is 0.328 e. The van der Waals surface area contributed by atoms with Crippen LogP contribution in [0.3, 0.4) is 0 Å². The molecular formula is C20H33NO5Si. The number of rotatable bonds is 9. The molecule has 0 unspecified atom stereocenters. The minimum Gasteiger partial charge on any atom is -0.467 e. The van der Waals surface area contributed by atoms with E-state index in [0.717, 1.165) is 5.56 Å². The van der Waals surface area contributed by atoms with Crippen molar-refractivity contribution in [3.8, 4) is 0 Å². The van der Waals surface area contributed by atoms with Crippen LogP contribution >= 0.6 is 0 Å². The van der Waals surface area contributed by atoms with E-state index in [1.54, 1.807) is 0 Å². The molecule has 0 aliphatic rings. The highest BCUT2D eigenvalue weighted by Crippen LogP contribution is 2.36. The van der Waals surface area contributed by atoms with Crippen molar-refractivity contribution in [3.05, 3.63) is 35.9 Å². The average Bonchev–Trinajstić information content (AvgIpc) is 2.60. The molecule has 0 aromatic heterocycles. The van der Waals surface area contributed by atoms with E-state index in [1.165, 1.54) is 14.2 Å². The molecule has 0 saturated heterocycles. The molecule has 2 atom stereocenters. The zero-order valence-electron chi connectivity index (χ0n) is 17.5. The second-order valence-corrected chi connectivity index (χ2v) is 12.8. The monoisotopic (exact) mass is 395 g/mol. The topological polar surface area (TPSA) is 73.9 Å². The van der Waals surface area contributed by atoms with Gasteiger partial charge >= 0.3 is 5.97 Å². The standard InChI is InChI=1S/C20H33NO5Si/c1-20(2,3)27(6,7)26-14-13-16(19(23)25-5)21-18(22)17(24-4)15-11-9-8-10-12-15/h8-12,16-17H,13-14H2,1-7H3,(H,21,22)/t16-,17+/m1/s1. The summed E-state index contributed by atoms with van der Waals surface area (Å²) in [5.74, 6) is -0.878. The molecule has 0 aliphatic heterocycles. The second kappa shape index (κ2) is 10.0. The van der Waals surface area contributed by atoms with Crippen LogP contribution in [0, 0.1) is 0 Å². The summed E-state index contributed by atoms with van der Waals surface area (Å²) in [6, 6.07) is 8.36. The first-order valence-corrected chi connectivity index (χ1v) is 12.0. The third kappa shape index (κ3) is 6.75. The molecule has 1 aromatic rings. The van der Waals surface area contributed by atoms with Gasteiger partial charge in [0.1, 0.15) is 6.04 Å². The fourth-order valence-electron chi connectivity index (χ4n) is 2.31. The van der Waals surface area contributed by atoms with Crippen molar-refractivity contribution in [1.29, 1.82) is 0 Å². The van der Waals surface area contributed by atoms with Gasteiger partial charge in [-0.15, -0.1) is 0 Å². The SMILES string of the molecule is COC(=O)[C@@H](CCO[Si](C)(C)C(C)(C)C)NC(=O)[C@@H](OC)c1ccccc1. The molecule has 0 saturated carbocycles. The van der Waals surface area contributed by atoms with Gasteiger partial charge in [-0.1, -0.05) is 51.1 Å². The van der Waals surface area contributed by atoms with Gasteiger partial charge < -0.3 is 19.2 Å². The molecular weight excluding hydrogens is 362 g/mol. The molecule has 27 heavy (non-hydrogen) atoms. The number of benzene rings is 1. The lowest BCUT2D eigenvalue weighted by atomic mass is 10.1. The number of methoxy groups -OCH3 is 2. The number of hydrogen-bond acceptors (Lipinski definition) is 5. The zero-order valence-corrected chi connectivity index (χ0v) is 18.5. The maximum absolute atomic E-state index is 12.6. The third-order valence-corrected chi connectivity index (χ3v) is 9.59. The van der Waals surface area contributed by atoms with E-state index in [4.69, 9.17) is 13.9 Å². The van der Waals surface area contributed by atoms with Gasteiger partial charge in [-0.3, -0.25) is 4.79 Å². The molecule has 1 aromatic carbocycles. The molecule has 0 heterocycles. The van der Waals surface area contributed by atoms with E-state index in [1.807, 2.05) is 30.3 Å². The Labute approximate surface area is 163 Å². The fourth-order valence-corrected chi connectivity index (χ4v) is 3.37. The lowest BCUT2D eigenvalue weighted by Crippen LogP contribution is -2.46. The quantitative estimate of drug-likeness (QED) is 0.512.